The minimum atomic E-state index is -1.14. The van der Waals surface area contributed by atoms with E-state index in [1.54, 1.807) is 60.7 Å². The van der Waals surface area contributed by atoms with Gasteiger partial charge in [0.05, 0.1) is 17.7 Å². The largest absolute Gasteiger partial charge is 0.452 e. The van der Waals surface area contributed by atoms with Crippen molar-refractivity contribution in [3.05, 3.63) is 83.9 Å². The minimum Gasteiger partial charge on any atom is -0.452 e. The van der Waals surface area contributed by atoms with E-state index in [1.807, 2.05) is 0 Å². The summed E-state index contributed by atoms with van der Waals surface area (Å²) in [4.78, 5) is 41.1. The number of carbonyl (C=O) groups is 3. The summed E-state index contributed by atoms with van der Waals surface area (Å²) in [6.45, 7) is 0.0278. The number of nitrogens with zero attached hydrogens (tertiary/aromatic N) is 3. The average molecular weight is 466 g/mol. The van der Waals surface area contributed by atoms with Gasteiger partial charge in [-0.2, -0.15) is 0 Å². The Labute approximate surface area is 194 Å². The molecule has 11 heteroatoms. The molecule has 1 fully saturated rings. The number of ether oxygens (including phenoxy) is 4. The molecule has 2 aromatic carbocycles. The molecule has 0 bridgehead atoms. The van der Waals surface area contributed by atoms with Crippen LogP contribution in [0.5, 0.6) is 0 Å². The van der Waals surface area contributed by atoms with E-state index < -0.39 is 42.4 Å². The van der Waals surface area contributed by atoms with Crippen LogP contribution in [0.3, 0.4) is 0 Å². The first-order chi connectivity index (χ1) is 16.5. The summed E-state index contributed by atoms with van der Waals surface area (Å²) in [7, 11) is 1.46. The lowest BCUT2D eigenvalue weighted by Gasteiger charge is -2.24. The summed E-state index contributed by atoms with van der Waals surface area (Å²) in [6, 6.07) is 16.7. The Kier molecular flexibility index (Phi) is 6.95. The molecule has 2 N–H and O–H groups in total. The van der Waals surface area contributed by atoms with Crippen LogP contribution in [0.25, 0.3) is 0 Å². The number of carbonyl (C=O) groups excluding carboxylic acids is 3. The zero-order chi connectivity index (χ0) is 24.1. The third-order valence-corrected chi connectivity index (χ3v) is 5.11. The molecule has 1 aromatic heterocycles. The lowest BCUT2D eigenvalue weighted by molar-refractivity contribution is -0.0689. The van der Waals surface area contributed by atoms with Crippen LogP contribution in [0.4, 0.5) is 0 Å². The average Bonchev–Trinajstić information content (AvgIpc) is 3.47. The van der Waals surface area contributed by atoms with Gasteiger partial charge in [-0.25, -0.2) is 19.3 Å². The van der Waals surface area contributed by atoms with Gasteiger partial charge in [-0.05, 0) is 24.3 Å². The highest BCUT2D eigenvalue weighted by Crippen LogP contribution is 2.34. The van der Waals surface area contributed by atoms with Gasteiger partial charge in [-0.3, -0.25) is 4.79 Å². The second-order valence-electron chi connectivity index (χ2n) is 7.40. The molecule has 3 aromatic rings. The summed E-state index contributed by atoms with van der Waals surface area (Å²) >= 11 is 0. The molecule has 0 unspecified atom stereocenters. The van der Waals surface area contributed by atoms with E-state index >= 15 is 0 Å². The van der Waals surface area contributed by atoms with Gasteiger partial charge in [-0.1, -0.05) is 36.4 Å². The quantitative estimate of drug-likeness (QED) is 0.487. The third-order valence-electron chi connectivity index (χ3n) is 5.11. The molecule has 0 saturated carbocycles. The first-order valence-corrected chi connectivity index (χ1v) is 10.4. The van der Waals surface area contributed by atoms with E-state index in [0.29, 0.717) is 11.1 Å². The maximum atomic E-state index is 12.9. The van der Waals surface area contributed by atoms with Crippen LogP contribution in [0.15, 0.2) is 67.0 Å². The number of esters is 2. The van der Waals surface area contributed by atoms with Crippen LogP contribution in [-0.2, 0) is 18.9 Å². The molecule has 176 valence electrons. The fourth-order valence-corrected chi connectivity index (χ4v) is 3.53. The van der Waals surface area contributed by atoms with E-state index in [2.05, 4.69) is 10.1 Å². The summed E-state index contributed by atoms with van der Waals surface area (Å²) < 4.78 is 23.9. The Morgan fingerprint density at radius 1 is 0.941 bits per heavy atom. The molecule has 1 saturated heterocycles. The number of nitrogens with two attached hydrogens (primary N) is 1. The molecule has 4 atom stereocenters. The molecule has 1 aliphatic rings. The van der Waals surface area contributed by atoms with Crippen molar-refractivity contribution >= 4 is 17.8 Å². The predicted molar refractivity (Wildman–Crippen MR) is 116 cm³/mol. The summed E-state index contributed by atoms with van der Waals surface area (Å²) in [5.41, 5.74) is 5.86. The first kappa shape index (κ1) is 23.1. The second kappa shape index (κ2) is 10.2. The lowest BCUT2D eigenvalue weighted by atomic mass is 10.1. The summed E-state index contributed by atoms with van der Waals surface area (Å²) in [6.07, 6.45) is -2.84. The molecular weight excluding hydrogens is 444 g/mol. The van der Waals surface area contributed by atoms with Gasteiger partial charge in [0.15, 0.2) is 18.4 Å². The Morgan fingerprint density at radius 3 is 2.00 bits per heavy atom. The van der Waals surface area contributed by atoms with Crippen molar-refractivity contribution in [2.45, 2.75) is 24.5 Å². The zero-order valence-electron chi connectivity index (χ0n) is 18.1. The summed E-state index contributed by atoms with van der Waals surface area (Å²) in [5.74, 6) is -2.37. The fraction of sp³-hybridized carbons (Fsp3) is 0.261. The molecule has 11 nitrogen and oxygen atoms in total. The highest BCUT2D eigenvalue weighted by molar-refractivity contribution is 5.90. The van der Waals surface area contributed by atoms with Crippen molar-refractivity contribution < 1.29 is 33.3 Å². The standard InChI is InChI=1S/C23H22N4O7/c1-31-12-16-17(33-22(29)14-8-4-2-5-9-14)18(34-23(30)15-10-6-3-7-11-15)21(32-16)27-13-25-20(26-27)19(24)28/h2-11,13,16-18,21H,12H2,1H3,(H2,24,28)/t16-,17-,18-,21-/m1/s1. The first-order valence-electron chi connectivity index (χ1n) is 10.4. The van der Waals surface area contributed by atoms with E-state index in [0.717, 1.165) is 0 Å². The number of benzene rings is 2. The van der Waals surface area contributed by atoms with Crippen molar-refractivity contribution in [1.82, 2.24) is 14.8 Å². The van der Waals surface area contributed by atoms with Crippen LogP contribution in [-0.4, -0.2) is 64.6 Å². The van der Waals surface area contributed by atoms with Crippen molar-refractivity contribution in [1.29, 1.82) is 0 Å². The minimum absolute atomic E-state index is 0.0278. The number of methoxy groups -OCH3 is 1. The molecule has 2 heterocycles. The van der Waals surface area contributed by atoms with Crippen LogP contribution in [0, 0.1) is 0 Å². The second-order valence-corrected chi connectivity index (χ2v) is 7.40. The number of hydrogen-bond donors (Lipinski definition) is 1. The van der Waals surface area contributed by atoms with Crippen LogP contribution in [0.2, 0.25) is 0 Å². The van der Waals surface area contributed by atoms with Gasteiger partial charge in [0.25, 0.3) is 5.91 Å². The molecule has 0 aliphatic carbocycles. The van der Waals surface area contributed by atoms with Crippen LogP contribution < -0.4 is 5.73 Å². The molecule has 1 amide bonds. The molecular formula is C23H22N4O7. The molecule has 0 radical (unpaired) electrons. The molecule has 1 aliphatic heterocycles. The van der Waals surface area contributed by atoms with Crippen molar-refractivity contribution in [2.24, 2.45) is 5.73 Å². The monoisotopic (exact) mass is 466 g/mol. The lowest BCUT2D eigenvalue weighted by Crippen LogP contribution is -2.41. The van der Waals surface area contributed by atoms with Gasteiger partial charge in [0.1, 0.15) is 12.4 Å². The van der Waals surface area contributed by atoms with E-state index in [1.165, 1.54) is 18.1 Å². The van der Waals surface area contributed by atoms with E-state index in [9.17, 15) is 14.4 Å². The smallest absolute Gasteiger partial charge is 0.338 e. The number of rotatable bonds is 8. The number of primary amides is 1. The van der Waals surface area contributed by atoms with Crippen LogP contribution >= 0.6 is 0 Å². The molecule has 0 spiro atoms. The van der Waals surface area contributed by atoms with Gasteiger partial charge >= 0.3 is 11.9 Å². The maximum Gasteiger partial charge on any atom is 0.338 e. The van der Waals surface area contributed by atoms with Crippen molar-refractivity contribution in [3.63, 3.8) is 0 Å². The highest BCUT2D eigenvalue weighted by Gasteiger charge is 2.51. The Bertz CT molecular complexity index is 1150. The van der Waals surface area contributed by atoms with Crippen LogP contribution in [0.1, 0.15) is 37.6 Å². The Morgan fingerprint density at radius 2 is 1.50 bits per heavy atom. The SMILES string of the molecule is COC[C@H]1O[C@@H](n2cnc(C(N)=O)n2)[C@H](OC(=O)c2ccccc2)[C@@H]1OC(=O)c1ccccc1. The number of amides is 1. The van der Waals surface area contributed by atoms with Gasteiger partial charge < -0.3 is 24.7 Å². The Hall–Kier alpha value is -4.09. The van der Waals surface area contributed by atoms with E-state index in [4.69, 9.17) is 24.7 Å². The van der Waals surface area contributed by atoms with E-state index in [-0.39, 0.29) is 12.4 Å². The van der Waals surface area contributed by atoms with Crippen molar-refractivity contribution in [2.75, 3.05) is 13.7 Å². The Balaban J connectivity index is 1.67. The normalized spacial score (nSPS) is 21.7. The number of aromatic nitrogens is 3. The fourth-order valence-electron chi connectivity index (χ4n) is 3.53. The topological polar surface area (TPSA) is 145 Å². The third kappa shape index (κ3) is 4.95. The number of hydrogen-bond acceptors (Lipinski definition) is 9. The van der Waals surface area contributed by atoms with Gasteiger partial charge in [0, 0.05) is 7.11 Å². The van der Waals surface area contributed by atoms with Gasteiger partial charge in [0.2, 0.25) is 5.82 Å². The van der Waals surface area contributed by atoms with Crippen molar-refractivity contribution in [3.8, 4) is 0 Å². The molecule has 34 heavy (non-hydrogen) atoms. The summed E-state index contributed by atoms with van der Waals surface area (Å²) in [5, 5.41) is 4.02. The highest BCUT2D eigenvalue weighted by atomic mass is 16.7. The maximum absolute atomic E-state index is 12.9. The predicted octanol–water partition coefficient (Wildman–Crippen LogP) is 1.37. The van der Waals surface area contributed by atoms with Gasteiger partial charge in [-0.15, -0.1) is 5.10 Å². The molecule has 4 rings (SSSR count). The zero-order valence-corrected chi connectivity index (χ0v) is 18.1.